The highest BCUT2D eigenvalue weighted by Gasteiger charge is 2.25. The number of phosphoric acid groups is 1. The van der Waals surface area contributed by atoms with E-state index in [4.69, 9.17) is 24.3 Å². The molecule has 3 N–H and O–H groups in total. The van der Waals surface area contributed by atoms with Crippen LogP contribution >= 0.6 is 7.82 Å². The Hall–Kier alpha value is -0.760. The predicted octanol–water partition coefficient (Wildman–Crippen LogP) is 8.02. The van der Waals surface area contributed by atoms with Crippen molar-refractivity contribution in [1.82, 2.24) is 0 Å². The number of unbranched alkanes of at least 4 members (excludes halogenated alkanes) is 15. The highest BCUT2D eigenvalue weighted by Crippen LogP contribution is 2.43. The molecule has 0 aliphatic carbocycles. The fourth-order valence-corrected chi connectivity index (χ4v) is 4.87. The second-order valence-electron chi connectivity index (χ2n) is 10.3. The molecule has 0 aliphatic rings. The zero-order valence-electron chi connectivity index (χ0n) is 25.1. The smallest absolute Gasteiger partial charge is 0.457 e. The Balaban J connectivity index is 4.12. The lowest BCUT2D eigenvalue weighted by molar-refractivity contribution is -0.154. The van der Waals surface area contributed by atoms with Crippen LogP contribution in [0.15, 0.2) is 12.2 Å². The van der Waals surface area contributed by atoms with Gasteiger partial charge in [-0.2, -0.15) is 0 Å². The Morgan fingerprint density at radius 3 is 1.87 bits per heavy atom. The molecular weight excluding hydrogens is 517 g/mol. The van der Waals surface area contributed by atoms with Crippen LogP contribution in [0.5, 0.6) is 0 Å². The molecule has 0 aromatic carbocycles. The van der Waals surface area contributed by atoms with E-state index >= 15 is 0 Å². The molecule has 0 aromatic rings. The first kappa shape index (κ1) is 38.2. The maximum atomic E-state index is 12.4. The van der Waals surface area contributed by atoms with Gasteiger partial charge < -0.3 is 20.1 Å². The van der Waals surface area contributed by atoms with Crippen LogP contribution in [-0.4, -0.2) is 49.9 Å². The Bertz CT molecular complexity index is 618. The topological polar surface area (TPSA) is 117 Å². The standard InChI is InChI=1S/C30H60NO7P/c1-3-5-7-9-11-12-13-14-15-16-17-18-19-21-23-30(32)38-29(28-37-39(33,34)36-26-24-31)27-35-25-22-20-10-8-6-4-2/h13-14,29H,3-12,15-28,31H2,1-2H3,(H,33,34)/b14-13-. The maximum absolute atomic E-state index is 12.4. The van der Waals surface area contributed by atoms with E-state index in [0.717, 1.165) is 44.9 Å². The van der Waals surface area contributed by atoms with Crippen molar-refractivity contribution in [2.45, 2.75) is 142 Å². The highest BCUT2D eigenvalue weighted by atomic mass is 31.2. The molecule has 8 nitrogen and oxygen atoms in total. The minimum Gasteiger partial charge on any atom is -0.457 e. The molecule has 0 rings (SSSR count). The molecule has 2 atom stereocenters. The summed E-state index contributed by atoms with van der Waals surface area (Å²) in [7, 11) is -4.25. The van der Waals surface area contributed by atoms with Gasteiger partial charge in [-0.3, -0.25) is 13.8 Å². The van der Waals surface area contributed by atoms with Crippen molar-refractivity contribution in [3.8, 4) is 0 Å². The number of carbonyl (C=O) groups is 1. The second kappa shape index (κ2) is 28.8. The van der Waals surface area contributed by atoms with Gasteiger partial charge >= 0.3 is 13.8 Å². The van der Waals surface area contributed by atoms with Crippen LogP contribution in [0.3, 0.4) is 0 Å². The van der Waals surface area contributed by atoms with Crippen molar-refractivity contribution in [3.63, 3.8) is 0 Å². The molecular formula is C30H60NO7P. The molecule has 0 fully saturated rings. The molecule has 0 bridgehead atoms. The highest BCUT2D eigenvalue weighted by molar-refractivity contribution is 7.47. The number of carbonyl (C=O) groups excluding carboxylic acids is 1. The average Bonchev–Trinajstić information content (AvgIpc) is 2.92. The lowest BCUT2D eigenvalue weighted by Gasteiger charge is -2.20. The number of ether oxygens (including phenoxy) is 2. The van der Waals surface area contributed by atoms with Crippen molar-refractivity contribution in [3.05, 3.63) is 12.2 Å². The number of allylic oxidation sites excluding steroid dienone is 2. The van der Waals surface area contributed by atoms with Crippen molar-refractivity contribution in [2.24, 2.45) is 5.73 Å². The van der Waals surface area contributed by atoms with Crippen molar-refractivity contribution in [1.29, 1.82) is 0 Å². The molecule has 0 spiro atoms. The van der Waals surface area contributed by atoms with Crippen LogP contribution in [0.4, 0.5) is 0 Å². The first-order valence-corrected chi connectivity index (χ1v) is 17.2. The minimum atomic E-state index is -4.25. The maximum Gasteiger partial charge on any atom is 0.472 e. The van der Waals surface area contributed by atoms with Crippen LogP contribution < -0.4 is 5.73 Å². The van der Waals surface area contributed by atoms with E-state index in [0.29, 0.717) is 13.0 Å². The molecule has 0 aliphatic heterocycles. The van der Waals surface area contributed by atoms with E-state index in [1.165, 1.54) is 70.6 Å². The van der Waals surface area contributed by atoms with E-state index in [2.05, 4.69) is 26.0 Å². The number of rotatable bonds is 30. The zero-order chi connectivity index (χ0) is 28.9. The summed E-state index contributed by atoms with van der Waals surface area (Å²) in [6.45, 7) is 4.83. The average molecular weight is 578 g/mol. The van der Waals surface area contributed by atoms with Gasteiger partial charge in [0.05, 0.1) is 19.8 Å². The quantitative estimate of drug-likeness (QED) is 0.0381. The molecule has 2 unspecified atom stereocenters. The third kappa shape index (κ3) is 28.6. The van der Waals surface area contributed by atoms with Crippen molar-refractivity contribution in [2.75, 3.05) is 33.0 Å². The van der Waals surface area contributed by atoms with E-state index in [1.54, 1.807) is 0 Å². The summed E-state index contributed by atoms with van der Waals surface area (Å²) in [5.74, 6) is -0.343. The van der Waals surface area contributed by atoms with Gasteiger partial charge in [-0.1, -0.05) is 103 Å². The van der Waals surface area contributed by atoms with Gasteiger partial charge in [-0.15, -0.1) is 0 Å². The fraction of sp³-hybridized carbons (Fsp3) is 0.900. The summed E-state index contributed by atoms with van der Waals surface area (Å²) in [5, 5.41) is 0. The summed E-state index contributed by atoms with van der Waals surface area (Å²) in [6.07, 6.45) is 25.2. The molecule has 0 radical (unpaired) electrons. The molecule has 0 saturated heterocycles. The Morgan fingerprint density at radius 1 is 0.744 bits per heavy atom. The summed E-state index contributed by atoms with van der Waals surface area (Å²) in [4.78, 5) is 22.1. The number of nitrogens with two attached hydrogens (primary N) is 1. The third-order valence-corrected chi connectivity index (χ3v) is 7.42. The van der Waals surface area contributed by atoms with Crippen molar-refractivity contribution >= 4 is 13.8 Å². The second-order valence-corrected chi connectivity index (χ2v) is 11.8. The van der Waals surface area contributed by atoms with Crippen LogP contribution in [-0.2, 0) is 27.9 Å². The number of hydrogen-bond acceptors (Lipinski definition) is 7. The number of phosphoric ester groups is 1. The summed E-state index contributed by atoms with van der Waals surface area (Å²) < 4.78 is 32.9. The summed E-state index contributed by atoms with van der Waals surface area (Å²) in [6, 6.07) is 0. The summed E-state index contributed by atoms with van der Waals surface area (Å²) >= 11 is 0. The fourth-order valence-electron chi connectivity index (χ4n) is 4.11. The first-order valence-electron chi connectivity index (χ1n) is 15.7. The SMILES string of the molecule is CCCCCCC/C=C\CCCCCCCC(=O)OC(COCCCCCCCC)COP(=O)(O)OCCN. The van der Waals surface area contributed by atoms with Crippen LogP contribution in [0.1, 0.15) is 136 Å². The molecule has 0 aromatic heterocycles. The third-order valence-electron chi connectivity index (χ3n) is 6.43. The largest absolute Gasteiger partial charge is 0.472 e. The van der Waals surface area contributed by atoms with E-state index < -0.39 is 13.9 Å². The van der Waals surface area contributed by atoms with E-state index in [1.807, 2.05) is 0 Å². The molecule has 0 heterocycles. The summed E-state index contributed by atoms with van der Waals surface area (Å²) in [5.41, 5.74) is 5.31. The first-order chi connectivity index (χ1) is 18.9. The van der Waals surface area contributed by atoms with Gasteiger partial charge in [0, 0.05) is 19.6 Å². The van der Waals surface area contributed by atoms with E-state index in [9.17, 15) is 14.3 Å². The van der Waals surface area contributed by atoms with Crippen LogP contribution in [0, 0.1) is 0 Å². The Labute approximate surface area is 239 Å². The van der Waals surface area contributed by atoms with Gasteiger partial charge in [-0.05, 0) is 38.5 Å². The lowest BCUT2D eigenvalue weighted by Crippen LogP contribution is -2.28. The van der Waals surface area contributed by atoms with Crippen molar-refractivity contribution < 1.29 is 32.8 Å². The van der Waals surface area contributed by atoms with Gasteiger partial charge in [0.1, 0.15) is 6.10 Å². The molecule has 39 heavy (non-hydrogen) atoms. The zero-order valence-corrected chi connectivity index (χ0v) is 26.0. The predicted molar refractivity (Wildman–Crippen MR) is 160 cm³/mol. The van der Waals surface area contributed by atoms with E-state index in [-0.39, 0.29) is 32.3 Å². The van der Waals surface area contributed by atoms with Gasteiger partial charge in [0.2, 0.25) is 0 Å². The number of hydrogen-bond donors (Lipinski definition) is 2. The molecule has 0 amide bonds. The molecule has 0 saturated carbocycles. The monoisotopic (exact) mass is 577 g/mol. The Kier molecular flexibility index (Phi) is 28.2. The molecule has 232 valence electrons. The van der Waals surface area contributed by atoms with Gasteiger partial charge in [0.25, 0.3) is 0 Å². The van der Waals surface area contributed by atoms with Crippen LogP contribution in [0.2, 0.25) is 0 Å². The Morgan fingerprint density at radius 2 is 1.28 bits per heavy atom. The van der Waals surface area contributed by atoms with Crippen LogP contribution in [0.25, 0.3) is 0 Å². The van der Waals surface area contributed by atoms with Gasteiger partial charge in [-0.25, -0.2) is 4.57 Å². The van der Waals surface area contributed by atoms with Gasteiger partial charge in [0.15, 0.2) is 0 Å². The molecule has 9 heteroatoms. The number of esters is 1. The normalized spacial score (nSPS) is 14.1. The minimum absolute atomic E-state index is 0.0951. The lowest BCUT2D eigenvalue weighted by atomic mass is 10.1.